The number of thiophene rings is 1. The number of hydrogen-bond acceptors (Lipinski definition) is 4. The second-order valence-electron chi connectivity index (χ2n) is 5.04. The summed E-state index contributed by atoms with van der Waals surface area (Å²) in [6.07, 6.45) is 1.07. The average Bonchev–Trinajstić information content (AvgIpc) is 2.80. The smallest absolute Gasteiger partial charge is 0.261 e. The lowest BCUT2D eigenvalue weighted by Crippen LogP contribution is -2.32. The van der Waals surface area contributed by atoms with Crippen molar-refractivity contribution in [3.63, 3.8) is 0 Å². The lowest BCUT2D eigenvalue weighted by Gasteiger charge is -2.15. The average molecular weight is 280 g/mol. The van der Waals surface area contributed by atoms with E-state index in [0.717, 1.165) is 22.8 Å². The van der Waals surface area contributed by atoms with Crippen molar-refractivity contribution in [3.05, 3.63) is 21.4 Å². The maximum Gasteiger partial charge on any atom is 0.261 e. The van der Waals surface area contributed by atoms with Gasteiger partial charge in [0.05, 0.1) is 16.4 Å². The first-order chi connectivity index (χ1) is 8.52. The zero-order chi connectivity index (χ0) is 13.2. The van der Waals surface area contributed by atoms with E-state index in [1.165, 1.54) is 10.4 Å². The minimum atomic E-state index is -0.512. The number of thioether (sulfide) groups is 1. The van der Waals surface area contributed by atoms with Gasteiger partial charge in [0.25, 0.3) is 5.91 Å². The minimum Gasteiger partial charge on any atom is -0.350 e. The van der Waals surface area contributed by atoms with Gasteiger partial charge in [0, 0.05) is 17.2 Å². The molecule has 1 aliphatic heterocycles. The first-order valence-electron chi connectivity index (χ1n) is 5.90. The topological polar surface area (TPSA) is 52.9 Å². The molecule has 2 heterocycles. The summed E-state index contributed by atoms with van der Waals surface area (Å²) in [5.74, 6) is 2.11. The fourth-order valence-electron chi connectivity index (χ4n) is 1.69. The molecule has 0 unspecified atom stereocenters. The molecular formula is C13H16N2OS2. The largest absolute Gasteiger partial charge is 0.350 e. The van der Waals surface area contributed by atoms with Gasteiger partial charge in [-0.25, -0.2) is 0 Å². The predicted molar refractivity (Wildman–Crippen MR) is 75.9 cm³/mol. The van der Waals surface area contributed by atoms with Crippen molar-refractivity contribution in [2.75, 3.05) is 12.3 Å². The molecule has 0 atom stereocenters. The van der Waals surface area contributed by atoms with Crippen LogP contribution < -0.4 is 5.32 Å². The van der Waals surface area contributed by atoms with Crippen LogP contribution in [-0.4, -0.2) is 18.2 Å². The number of carbonyl (C=O) groups excluding carboxylic acids is 1. The highest BCUT2D eigenvalue weighted by Gasteiger charge is 2.21. The van der Waals surface area contributed by atoms with Crippen molar-refractivity contribution >= 4 is 29.0 Å². The Labute approximate surface area is 116 Å². The van der Waals surface area contributed by atoms with Gasteiger partial charge < -0.3 is 5.32 Å². The van der Waals surface area contributed by atoms with E-state index in [4.69, 9.17) is 5.26 Å². The number of amides is 1. The number of nitrogens with one attached hydrogen (secondary N) is 1. The van der Waals surface area contributed by atoms with Gasteiger partial charge in [-0.05, 0) is 37.7 Å². The number of hydrogen-bond donors (Lipinski definition) is 1. The highest BCUT2D eigenvalue weighted by molar-refractivity contribution is 7.98. The number of nitrogens with zero attached hydrogens (tertiary/aromatic N) is 1. The van der Waals surface area contributed by atoms with E-state index < -0.39 is 5.41 Å². The Hall–Kier alpha value is -0.990. The summed E-state index contributed by atoms with van der Waals surface area (Å²) in [7, 11) is 0. The Morgan fingerprint density at radius 3 is 3.06 bits per heavy atom. The molecule has 0 aromatic carbocycles. The maximum atomic E-state index is 12.0. The Kier molecular flexibility index (Phi) is 3.98. The predicted octanol–water partition coefficient (Wildman–Crippen LogP) is 2.82. The molecular weight excluding hydrogens is 264 g/mol. The molecule has 1 N–H and O–H groups in total. The van der Waals surface area contributed by atoms with E-state index in [0.29, 0.717) is 6.54 Å². The van der Waals surface area contributed by atoms with E-state index in [9.17, 15) is 4.79 Å². The summed E-state index contributed by atoms with van der Waals surface area (Å²) in [6, 6.07) is 4.18. The molecule has 1 aromatic heterocycles. The van der Waals surface area contributed by atoms with Crippen LogP contribution in [0.2, 0.25) is 0 Å². The fraction of sp³-hybridized carbons (Fsp3) is 0.538. The molecule has 0 spiro atoms. The normalized spacial score (nSPS) is 14.7. The van der Waals surface area contributed by atoms with Gasteiger partial charge in [0.1, 0.15) is 0 Å². The molecule has 0 fully saturated rings. The van der Waals surface area contributed by atoms with Crippen LogP contribution in [0.25, 0.3) is 0 Å². The number of rotatable bonds is 3. The molecule has 0 saturated carbocycles. The summed E-state index contributed by atoms with van der Waals surface area (Å²) in [5, 5.41) is 11.8. The zero-order valence-electron chi connectivity index (χ0n) is 10.6. The van der Waals surface area contributed by atoms with E-state index in [-0.39, 0.29) is 5.91 Å². The number of nitriles is 1. The minimum absolute atomic E-state index is 0.0530. The number of fused-ring (bicyclic) bond motifs is 1. The molecule has 96 valence electrons. The lowest BCUT2D eigenvalue weighted by atomic mass is 9.96. The van der Waals surface area contributed by atoms with E-state index >= 15 is 0 Å². The highest BCUT2D eigenvalue weighted by Crippen LogP contribution is 2.31. The van der Waals surface area contributed by atoms with Crippen molar-refractivity contribution in [1.82, 2.24) is 5.32 Å². The molecule has 0 aliphatic carbocycles. The molecule has 0 saturated heterocycles. The second kappa shape index (κ2) is 5.33. The summed E-state index contributed by atoms with van der Waals surface area (Å²) < 4.78 is 0. The van der Waals surface area contributed by atoms with Gasteiger partial charge in [-0.3, -0.25) is 4.79 Å². The van der Waals surface area contributed by atoms with Crippen LogP contribution in [0.4, 0.5) is 0 Å². The van der Waals surface area contributed by atoms with Crippen molar-refractivity contribution in [3.8, 4) is 6.07 Å². The quantitative estimate of drug-likeness (QED) is 0.926. The standard InChI is InChI=1S/C13H16N2OS2/c1-13(2,7-14)8-15-12(16)11-5-9-6-17-4-3-10(9)18-11/h5H,3-4,6,8H2,1-2H3,(H,15,16). The van der Waals surface area contributed by atoms with E-state index in [2.05, 4.69) is 11.4 Å². The monoisotopic (exact) mass is 280 g/mol. The van der Waals surface area contributed by atoms with Gasteiger partial charge >= 0.3 is 0 Å². The Balaban J connectivity index is 2.02. The van der Waals surface area contributed by atoms with Crippen LogP contribution in [0.3, 0.4) is 0 Å². The summed E-state index contributed by atoms with van der Waals surface area (Å²) >= 11 is 3.51. The van der Waals surface area contributed by atoms with Crippen LogP contribution in [0.5, 0.6) is 0 Å². The van der Waals surface area contributed by atoms with Crippen molar-refractivity contribution in [1.29, 1.82) is 5.26 Å². The first-order valence-corrected chi connectivity index (χ1v) is 7.88. The molecule has 0 radical (unpaired) electrons. The summed E-state index contributed by atoms with van der Waals surface area (Å²) in [6.45, 7) is 4.03. The van der Waals surface area contributed by atoms with Crippen LogP contribution in [0.1, 0.15) is 34.0 Å². The molecule has 1 aliphatic rings. The molecule has 1 aromatic rings. The van der Waals surface area contributed by atoms with Gasteiger partial charge in [0.2, 0.25) is 0 Å². The van der Waals surface area contributed by atoms with Crippen LogP contribution in [0.15, 0.2) is 6.07 Å². The van der Waals surface area contributed by atoms with Gasteiger partial charge in [-0.15, -0.1) is 11.3 Å². The van der Waals surface area contributed by atoms with Crippen LogP contribution in [-0.2, 0) is 12.2 Å². The van der Waals surface area contributed by atoms with Gasteiger partial charge in [-0.2, -0.15) is 17.0 Å². The van der Waals surface area contributed by atoms with E-state index in [1.54, 1.807) is 11.3 Å². The highest BCUT2D eigenvalue weighted by atomic mass is 32.2. The fourth-order valence-corrected chi connectivity index (χ4v) is 3.98. The zero-order valence-corrected chi connectivity index (χ0v) is 12.2. The molecule has 3 nitrogen and oxygen atoms in total. The third-order valence-electron chi connectivity index (χ3n) is 2.85. The van der Waals surface area contributed by atoms with Crippen molar-refractivity contribution in [2.45, 2.75) is 26.0 Å². The third-order valence-corrected chi connectivity index (χ3v) is 5.09. The Morgan fingerprint density at radius 2 is 2.39 bits per heavy atom. The van der Waals surface area contributed by atoms with Crippen molar-refractivity contribution < 1.29 is 4.79 Å². The molecule has 5 heteroatoms. The first kappa shape index (κ1) is 13.4. The maximum absolute atomic E-state index is 12.0. The lowest BCUT2D eigenvalue weighted by molar-refractivity contribution is 0.0948. The Morgan fingerprint density at radius 1 is 1.61 bits per heavy atom. The number of aryl methyl sites for hydroxylation is 1. The van der Waals surface area contributed by atoms with Gasteiger partial charge in [0.15, 0.2) is 0 Å². The van der Waals surface area contributed by atoms with Crippen LogP contribution in [0, 0.1) is 16.7 Å². The SMILES string of the molecule is CC(C)(C#N)CNC(=O)c1cc2c(s1)CCSC2. The second-order valence-corrected chi connectivity index (χ2v) is 7.28. The third kappa shape index (κ3) is 3.06. The molecule has 18 heavy (non-hydrogen) atoms. The van der Waals surface area contributed by atoms with Crippen molar-refractivity contribution in [2.24, 2.45) is 5.41 Å². The summed E-state index contributed by atoms with van der Waals surface area (Å²) in [5.41, 5.74) is 0.795. The molecule has 0 bridgehead atoms. The molecule has 1 amide bonds. The van der Waals surface area contributed by atoms with E-state index in [1.807, 2.05) is 31.7 Å². The van der Waals surface area contributed by atoms with Gasteiger partial charge in [-0.1, -0.05) is 0 Å². The van der Waals surface area contributed by atoms with Crippen LogP contribution >= 0.6 is 23.1 Å². The molecule has 2 rings (SSSR count). The number of carbonyl (C=O) groups is 1. The summed E-state index contributed by atoms with van der Waals surface area (Å²) in [4.78, 5) is 14.1. The Bertz CT molecular complexity index is 476.